The molecule has 0 rings (SSSR count). The molecule has 3 atom stereocenters. The monoisotopic (exact) mass is 498 g/mol. The van der Waals surface area contributed by atoms with Gasteiger partial charge in [0.25, 0.3) is 0 Å². The molecule has 0 radical (unpaired) electrons. The fourth-order valence-electron chi connectivity index (χ4n) is 5.01. The largest absolute Gasteiger partial charge is 0.477 e. The van der Waals surface area contributed by atoms with Gasteiger partial charge in [-0.1, -0.05) is 83.3 Å². The summed E-state index contributed by atoms with van der Waals surface area (Å²) in [5, 5.41) is 28.8. The summed E-state index contributed by atoms with van der Waals surface area (Å²) < 4.78 is -0.498. The maximum atomic E-state index is 11.8. The molecule has 0 aromatic rings. The Kier molecular flexibility index (Phi) is 18.3. The van der Waals surface area contributed by atoms with Crippen LogP contribution in [0, 0.1) is 0 Å². The smallest absolute Gasteiger partial charge is 0.362 e. The standard InChI is InChI=1S/C28H51NO6/c1-5-6-7-8-9-10-11-12-13-14-15-16-17-18-19-20-21-22-29(23(2)26(30)31,24(3)27(32)33)25(4)28(34)35/h17-18,23-25H,5-16,19-22H2,1-4H3,(H2-,30,31,32,33,34,35)/p+1/b18-17+. The Hall–Kier alpha value is -1.89. The predicted octanol–water partition coefficient (Wildman–Crippen LogP) is 6.65. The Labute approximate surface area is 213 Å². The minimum Gasteiger partial charge on any atom is -0.477 e. The van der Waals surface area contributed by atoms with Crippen LogP contribution in [0.1, 0.15) is 124 Å². The number of unbranched alkanes of at least 4 members (excludes halogenated alkanes) is 13. The summed E-state index contributed by atoms with van der Waals surface area (Å²) in [5.41, 5.74) is 0. The molecule has 0 amide bonds. The van der Waals surface area contributed by atoms with E-state index in [1.165, 1.54) is 91.4 Å². The number of allylic oxidation sites excluding steroid dienone is 2. The van der Waals surface area contributed by atoms with E-state index in [4.69, 9.17) is 0 Å². The van der Waals surface area contributed by atoms with Crippen molar-refractivity contribution in [1.29, 1.82) is 0 Å². The number of hydrogen-bond donors (Lipinski definition) is 3. The quantitative estimate of drug-likeness (QED) is 0.0826. The van der Waals surface area contributed by atoms with Gasteiger partial charge in [-0.25, -0.2) is 14.4 Å². The molecule has 35 heavy (non-hydrogen) atoms. The lowest BCUT2D eigenvalue weighted by molar-refractivity contribution is -0.968. The summed E-state index contributed by atoms with van der Waals surface area (Å²) in [7, 11) is 0. The highest BCUT2D eigenvalue weighted by molar-refractivity contribution is 5.77. The van der Waals surface area contributed by atoms with Crippen LogP contribution in [0.25, 0.3) is 0 Å². The first-order valence-corrected chi connectivity index (χ1v) is 13.8. The third kappa shape index (κ3) is 12.6. The van der Waals surface area contributed by atoms with Crippen LogP contribution in [0.5, 0.6) is 0 Å². The summed E-state index contributed by atoms with van der Waals surface area (Å²) in [6.07, 6.45) is 22.1. The van der Waals surface area contributed by atoms with Crippen LogP contribution in [-0.4, -0.2) is 62.4 Å². The molecular weight excluding hydrogens is 446 g/mol. The van der Waals surface area contributed by atoms with E-state index in [0.717, 1.165) is 19.3 Å². The van der Waals surface area contributed by atoms with Gasteiger partial charge < -0.3 is 15.3 Å². The molecule has 0 spiro atoms. The molecule has 0 heterocycles. The van der Waals surface area contributed by atoms with Gasteiger partial charge in [0.2, 0.25) is 0 Å². The number of rotatable bonds is 23. The molecule has 0 aromatic carbocycles. The molecule has 204 valence electrons. The van der Waals surface area contributed by atoms with Crippen LogP contribution < -0.4 is 0 Å². The van der Waals surface area contributed by atoms with E-state index in [1.54, 1.807) is 0 Å². The van der Waals surface area contributed by atoms with E-state index in [0.29, 0.717) is 6.42 Å². The highest BCUT2D eigenvalue weighted by Crippen LogP contribution is 2.27. The molecule has 0 saturated heterocycles. The Morgan fingerprint density at radius 2 is 0.886 bits per heavy atom. The van der Waals surface area contributed by atoms with Gasteiger partial charge in [0.05, 0.1) is 6.54 Å². The third-order valence-electron chi connectivity index (χ3n) is 7.54. The fourth-order valence-corrected chi connectivity index (χ4v) is 5.01. The van der Waals surface area contributed by atoms with Crippen LogP contribution in [0.3, 0.4) is 0 Å². The van der Waals surface area contributed by atoms with Crippen molar-refractivity contribution in [3.63, 3.8) is 0 Å². The summed E-state index contributed by atoms with van der Waals surface area (Å²) in [6, 6.07) is -3.41. The second-order valence-corrected chi connectivity index (χ2v) is 10.1. The van der Waals surface area contributed by atoms with Crippen molar-refractivity contribution in [2.24, 2.45) is 0 Å². The van der Waals surface area contributed by atoms with E-state index in [-0.39, 0.29) is 6.54 Å². The highest BCUT2D eigenvalue weighted by atomic mass is 16.4. The maximum absolute atomic E-state index is 11.8. The molecule has 0 bridgehead atoms. The zero-order valence-electron chi connectivity index (χ0n) is 22.7. The van der Waals surface area contributed by atoms with Gasteiger partial charge in [-0.2, -0.15) is 0 Å². The second kappa shape index (κ2) is 19.3. The van der Waals surface area contributed by atoms with Crippen LogP contribution in [0.15, 0.2) is 12.2 Å². The zero-order valence-corrected chi connectivity index (χ0v) is 22.7. The molecule has 3 N–H and O–H groups in total. The lowest BCUT2D eigenvalue weighted by atomic mass is 10.0. The average molecular weight is 499 g/mol. The number of quaternary nitrogens is 1. The Morgan fingerprint density at radius 3 is 1.23 bits per heavy atom. The molecule has 0 aliphatic rings. The van der Waals surface area contributed by atoms with Crippen molar-refractivity contribution in [3.8, 4) is 0 Å². The lowest BCUT2D eigenvalue weighted by Gasteiger charge is -2.47. The minimum absolute atomic E-state index is 0.195. The maximum Gasteiger partial charge on any atom is 0.362 e. The van der Waals surface area contributed by atoms with Crippen LogP contribution in [-0.2, 0) is 14.4 Å². The summed E-state index contributed by atoms with van der Waals surface area (Å²) in [6.45, 7) is 6.68. The molecule has 0 aliphatic carbocycles. The van der Waals surface area contributed by atoms with E-state index in [9.17, 15) is 29.7 Å². The number of nitrogens with zero attached hydrogens (tertiary/aromatic N) is 1. The van der Waals surface area contributed by atoms with Gasteiger partial charge in [0, 0.05) is 0 Å². The molecule has 0 fully saturated rings. The SMILES string of the molecule is CCCCCCCCCCCCC/C=C/CCCC[N+](C(C)C(=O)O)(C(C)C(=O)O)C(C)C(=O)O. The number of carbonyl (C=O) groups is 3. The number of carboxylic acids is 3. The van der Waals surface area contributed by atoms with Crippen molar-refractivity contribution in [2.75, 3.05) is 6.54 Å². The molecular formula is C28H52NO6+. The molecule has 0 aromatic heterocycles. The molecule has 0 saturated carbocycles. The van der Waals surface area contributed by atoms with Gasteiger partial charge >= 0.3 is 17.9 Å². The number of carboxylic acid groups (broad SMARTS) is 3. The Morgan fingerprint density at radius 1 is 0.571 bits per heavy atom. The van der Waals surface area contributed by atoms with Crippen molar-refractivity contribution >= 4 is 17.9 Å². The van der Waals surface area contributed by atoms with Gasteiger partial charge in [-0.05, 0) is 52.9 Å². The number of aliphatic carboxylic acids is 3. The predicted molar refractivity (Wildman–Crippen MR) is 140 cm³/mol. The average Bonchev–Trinajstić information content (AvgIpc) is 2.82. The minimum atomic E-state index is -1.18. The Balaban J connectivity index is 4.34. The molecule has 0 aliphatic heterocycles. The van der Waals surface area contributed by atoms with E-state index in [1.807, 2.05) is 0 Å². The van der Waals surface area contributed by atoms with Crippen molar-refractivity contribution < 1.29 is 34.2 Å². The second-order valence-electron chi connectivity index (χ2n) is 10.1. The van der Waals surface area contributed by atoms with Gasteiger partial charge in [-0.3, -0.25) is 4.48 Å². The lowest BCUT2D eigenvalue weighted by Crippen LogP contribution is -2.70. The molecule has 7 heteroatoms. The van der Waals surface area contributed by atoms with Gasteiger partial charge in [0.15, 0.2) is 18.1 Å². The van der Waals surface area contributed by atoms with Gasteiger partial charge in [-0.15, -0.1) is 0 Å². The Bertz CT molecular complexity index is 583. The first-order chi connectivity index (χ1) is 16.6. The van der Waals surface area contributed by atoms with Gasteiger partial charge in [0.1, 0.15) is 0 Å². The molecule has 7 nitrogen and oxygen atoms in total. The molecule has 3 unspecified atom stereocenters. The van der Waals surface area contributed by atoms with Crippen LogP contribution >= 0.6 is 0 Å². The fraction of sp³-hybridized carbons (Fsp3) is 0.821. The number of hydrogen-bond acceptors (Lipinski definition) is 3. The first-order valence-electron chi connectivity index (χ1n) is 13.8. The van der Waals surface area contributed by atoms with E-state index >= 15 is 0 Å². The third-order valence-corrected chi connectivity index (χ3v) is 7.54. The van der Waals surface area contributed by atoms with Crippen LogP contribution in [0.4, 0.5) is 0 Å². The summed E-state index contributed by atoms with van der Waals surface area (Å²) in [5.74, 6) is -3.55. The van der Waals surface area contributed by atoms with E-state index < -0.39 is 40.5 Å². The highest BCUT2D eigenvalue weighted by Gasteiger charge is 2.52. The van der Waals surface area contributed by atoms with Crippen LogP contribution in [0.2, 0.25) is 0 Å². The van der Waals surface area contributed by atoms with Crippen molar-refractivity contribution in [3.05, 3.63) is 12.2 Å². The summed E-state index contributed by atoms with van der Waals surface area (Å²) >= 11 is 0. The topological polar surface area (TPSA) is 112 Å². The first kappa shape index (κ1) is 33.1. The van der Waals surface area contributed by atoms with Crippen molar-refractivity contribution in [2.45, 2.75) is 142 Å². The zero-order chi connectivity index (χ0) is 26.7. The van der Waals surface area contributed by atoms with Crippen molar-refractivity contribution in [1.82, 2.24) is 0 Å². The van der Waals surface area contributed by atoms with E-state index in [2.05, 4.69) is 19.1 Å². The normalized spacial score (nSPS) is 16.0. The summed E-state index contributed by atoms with van der Waals surface area (Å²) in [4.78, 5) is 35.3.